The molecule has 0 unspecified atom stereocenters. The zero-order valence-electron chi connectivity index (χ0n) is 7.89. The maximum absolute atomic E-state index is 12.5. The van der Waals surface area contributed by atoms with Crippen LogP contribution in [0.15, 0.2) is 24.3 Å². The van der Waals surface area contributed by atoms with E-state index in [1.165, 1.54) is 18.2 Å². The van der Waals surface area contributed by atoms with E-state index in [9.17, 15) is 17.6 Å². The Hall–Kier alpha value is -1.10. The molecule has 1 atom stereocenters. The number of nitrogens with two attached hydrogens (primary N) is 1. The van der Waals surface area contributed by atoms with E-state index in [0.717, 1.165) is 6.07 Å². The highest BCUT2D eigenvalue weighted by atomic mass is 19.4. The van der Waals surface area contributed by atoms with Crippen LogP contribution in [0.25, 0.3) is 0 Å². The van der Waals surface area contributed by atoms with Gasteiger partial charge in [-0.05, 0) is 18.1 Å². The van der Waals surface area contributed by atoms with Crippen molar-refractivity contribution in [2.75, 3.05) is 6.67 Å². The fourth-order valence-corrected chi connectivity index (χ4v) is 1.35. The van der Waals surface area contributed by atoms with Crippen LogP contribution in [0, 0.1) is 0 Å². The van der Waals surface area contributed by atoms with Gasteiger partial charge >= 0.3 is 6.18 Å². The standard InChI is InChI=1S/C10H11F4N/c11-6-5-9(15)7-3-1-2-4-8(7)10(12,13)14/h1-4,9H,5-6,15H2/t9-/m1/s1. The van der Waals surface area contributed by atoms with Crippen LogP contribution in [-0.4, -0.2) is 6.67 Å². The van der Waals surface area contributed by atoms with Crippen molar-refractivity contribution in [3.8, 4) is 0 Å². The van der Waals surface area contributed by atoms with E-state index in [-0.39, 0.29) is 12.0 Å². The first-order valence-corrected chi connectivity index (χ1v) is 4.44. The summed E-state index contributed by atoms with van der Waals surface area (Å²) in [7, 11) is 0. The fraction of sp³-hybridized carbons (Fsp3) is 0.400. The molecule has 1 aromatic rings. The van der Waals surface area contributed by atoms with Crippen molar-refractivity contribution in [2.24, 2.45) is 5.73 Å². The predicted octanol–water partition coefficient (Wildman–Crippen LogP) is 3.06. The molecular formula is C10H11F4N. The second kappa shape index (κ2) is 4.61. The van der Waals surface area contributed by atoms with Gasteiger partial charge in [-0.2, -0.15) is 13.2 Å². The quantitative estimate of drug-likeness (QED) is 0.780. The highest BCUT2D eigenvalue weighted by Crippen LogP contribution is 2.34. The van der Waals surface area contributed by atoms with E-state index in [1.807, 2.05) is 0 Å². The Morgan fingerprint density at radius 1 is 1.20 bits per heavy atom. The second-order valence-corrected chi connectivity index (χ2v) is 3.17. The van der Waals surface area contributed by atoms with Crippen LogP contribution in [0.5, 0.6) is 0 Å². The predicted molar refractivity (Wildman–Crippen MR) is 49.0 cm³/mol. The average Bonchev–Trinajstić information content (AvgIpc) is 2.17. The third-order valence-electron chi connectivity index (χ3n) is 2.09. The first-order chi connectivity index (χ1) is 6.96. The molecule has 2 N–H and O–H groups in total. The Bertz CT molecular complexity index is 321. The zero-order valence-corrected chi connectivity index (χ0v) is 7.89. The Labute approximate surface area is 84.9 Å². The SMILES string of the molecule is N[C@H](CCF)c1ccccc1C(F)(F)F. The van der Waals surface area contributed by atoms with Gasteiger partial charge in [0.05, 0.1) is 12.2 Å². The molecule has 0 spiro atoms. The topological polar surface area (TPSA) is 26.0 Å². The number of rotatable bonds is 3. The van der Waals surface area contributed by atoms with E-state index in [4.69, 9.17) is 5.73 Å². The van der Waals surface area contributed by atoms with E-state index in [2.05, 4.69) is 0 Å². The second-order valence-electron chi connectivity index (χ2n) is 3.17. The maximum Gasteiger partial charge on any atom is 0.416 e. The lowest BCUT2D eigenvalue weighted by atomic mass is 9.99. The molecule has 84 valence electrons. The average molecular weight is 221 g/mol. The summed E-state index contributed by atoms with van der Waals surface area (Å²) in [6.45, 7) is -0.729. The molecule has 5 heteroatoms. The molecule has 0 radical (unpaired) electrons. The third-order valence-corrected chi connectivity index (χ3v) is 2.09. The van der Waals surface area contributed by atoms with E-state index in [0.29, 0.717) is 0 Å². The van der Waals surface area contributed by atoms with Crippen molar-refractivity contribution in [1.29, 1.82) is 0 Å². The van der Waals surface area contributed by atoms with Crippen molar-refractivity contribution >= 4 is 0 Å². The van der Waals surface area contributed by atoms with E-state index < -0.39 is 24.5 Å². The Kier molecular flexibility index (Phi) is 3.68. The van der Waals surface area contributed by atoms with Gasteiger partial charge in [0.2, 0.25) is 0 Å². The highest BCUT2D eigenvalue weighted by Gasteiger charge is 2.34. The first kappa shape index (κ1) is 12.0. The third kappa shape index (κ3) is 2.92. The molecule has 0 heterocycles. The number of alkyl halides is 4. The van der Waals surface area contributed by atoms with Crippen LogP contribution in [0.1, 0.15) is 23.6 Å². The van der Waals surface area contributed by atoms with Gasteiger partial charge in [-0.3, -0.25) is 4.39 Å². The number of hydrogen-bond acceptors (Lipinski definition) is 1. The lowest BCUT2D eigenvalue weighted by molar-refractivity contribution is -0.138. The molecule has 1 aromatic carbocycles. The van der Waals surface area contributed by atoms with Crippen LogP contribution in [0.2, 0.25) is 0 Å². The van der Waals surface area contributed by atoms with Crippen molar-refractivity contribution in [1.82, 2.24) is 0 Å². The van der Waals surface area contributed by atoms with E-state index >= 15 is 0 Å². The molecule has 0 fully saturated rings. The molecule has 0 aliphatic heterocycles. The van der Waals surface area contributed by atoms with Crippen LogP contribution >= 0.6 is 0 Å². The van der Waals surface area contributed by atoms with Gasteiger partial charge in [0, 0.05) is 6.04 Å². The summed E-state index contributed by atoms with van der Waals surface area (Å²) < 4.78 is 49.5. The number of hydrogen-bond donors (Lipinski definition) is 1. The maximum atomic E-state index is 12.5. The normalized spacial score (nSPS) is 13.9. The molecule has 1 nitrogen and oxygen atoms in total. The summed E-state index contributed by atoms with van der Waals surface area (Å²) in [6.07, 6.45) is -4.54. The molecule has 0 saturated heterocycles. The largest absolute Gasteiger partial charge is 0.416 e. The van der Waals surface area contributed by atoms with Gasteiger partial charge in [0.25, 0.3) is 0 Å². The van der Waals surface area contributed by atoms with Gasteiger partial charge in [-0.15, -0.1) is 0 Å². The van der Waals surface area contributed by atoms with Crippen molar-refractivity contribution in [2.45, 2.75) is 18.6 Å². The molecule has 0 bridgehead atoms. The minimum atomic E-state index is -4.44. The molecule has 1 rings (SSSR count). The molecule has 0 aliphatic rings. The molecule has 15 heavy (non-hydrogen) atoms. The number of halogens is 4. The summed E-state index contributed by atoms with van der Waals surface area (Å²) in [6, 6.07) is 4.07. The highest BCUT2D eigenvalue weighted by molar-refractivity contribution is 5.32. The summed E-state index contributed by atoms with van der Waals surface area (Å²) in [5.41, 5.74) is 4.62. The Balaban J connectivity index is 3.06. The fourth-order valence-electron chi connectivity index (χ4n) is 1.35. The minimum absolute atomic E-state index is 0.0531. The minimum Gasteiger partial charge on any atom is -0.324 e. The monoisotopic (exact) mass is 221 g/mol. The summed E-state index contributed by atoms with van der Waals surface area (Å²) in [4.78, 5) is 0. The van der Waals surface area contributed by atoms with Crippen molar-refractivity contribution < 1.29 is 17.6 Å². The van der Waals surface area contributed by atoms with Crippen LogP contribution < -0.4 is 5.73 Å². The van der Waals surface area contributed by atoms with Crippen LogP contribution in [0.3, 0.4) is 0 Å². The molecule has 0 amide bonds. The van der Waals surface area contributed by atoms with Gasteiger partial charge in [-0.25, -0.2) is 0 Å². The Morgan fingerprint density at radius 2 is 1.80 bits per heavy atom. The van der Waals surface area contributed by atoms with Gasteiger partial charge in [0.1, 0.15) is 0 Å². The smallest absolute Gasteiger partial charge is 0.324 e. The van der Waals surface area contributed by atoms with Gasteiger partial charge in [-0.1, -0.05) is 18.2 Å². The van der Waals surface area contributed by atoms with Crippen LogP contribution in [-0.2, 0) is 6.18 Å². The van der Waals surface area contributed by atoms with Crippen molar-refractivity contribution in [3.05, 3.63) is 35.4 Å². The van der Waals surface area contributed by atoms with Crippen molar-refractivity contribution in [3.63, 3.8) is 0 Å². The lowest BCUT2D eigenvalue weighted by Crippen LogP contribution is -2.17. The molecule has 0 aromatic heterocycles. The molecular weight excluding hydrogens is 210 g/mol. The Morgan fingerprint density at radius 3 is 2.33 bits per heavy atom. The summed E-state index contributed by atoms with van der Waals surface area (Å²) >= 11 is 0. The number of benzene rings is 1. The zero-order chi connectivity index (χ0) is 11.5. The van der Waals surface area contributed by atoms with Crippen LogP contribution in [0.4, 0.5) is 17.6 Å². The first-order valence-electron chi connectivity index (χ1n) is 4.44. The van der Waals surface area contributed by atoms with E-state index in [1.54, 1.807) is 0 Å². The molecule has 0 aliphatic carbocycles. The summed E-state index contributed by atoms with van der Waals surface area (Å²) in [5.74, 6) is 0. The van der Waals surface area contributed by atoms with Gasteiger partial charge in [0.15, 0.2) is 0 Å². The molecule has 0 saturated carbocycles. The lowest BCUT2D eigenvalue weighted by Gasteiger charge is -2.16. The summed E-state index contributed by atoms with van der Waals surface area (Å²) in [5, 5.41) is 0. The van der Waals surface area contributed by atoms with Gasteiger partial charge < -0.3 is 5.73 Å².